The molecule has 0 heterocycles. The van der Waals surface area contributed by atoms with Crippen molar-refractivity contribution in [3.8, 4) is 0 Å². The molecule has 0 radical (unpaired) electrons. The van der Waals surface area contributed by atoms with Gasteiger partial charge < -0.3 is 10.2 Å². The molecule has 2 amide bonds. The number of carbonyl (C=O) groups is 2. The standard InChI is InChI=1S/C30H33F2N3O4S/c1-21-11-17-27(18-12-21)40(38,39)35(26-15-13-24(31)14-16-26)20-29(36)34(19-23-7-3-6-10-28(23)32)22(2)30(37)33-25-8-4-5-9-25/h3,6-7,10-18,22,25H,4-5,8-9,19-20H2,1-2H3,(H,33,37)/t22-/m1/s1. The maximum atomic E-state index is 14.6. The number of rotatable bonds is 10. The Balaban J connectivity index is 1.69. The van der Waals surface area contributed by atoms with Gasteiger partial charge in [0.2, 0.25) is 11.8 Å². The van der Waals surface area contributed by atoms with Gasteiger partial charge in [0.15, 0.2) is 0 Å². The fourth-order valence-corrected chi connectivity index (χ4v) is 6.17. The minimum atomic E-state index is -4.27. The number of amides is 2. The number of carbonyl (C=O) groups excluding carboxylic acids is 2. The Morgan fingerprint density at radius 3 is 2.20 bits per heavy atom. The van der Waals surface area contributed by atoms with Crippen molar-refractivity contribution in [2.24, 2.45) is 0 Å². The lowest BCUT2D eigenvalue weighted by Crippen LogP contribution is -2.52. The summed E-state index contributed by atoms with van der Waals surface area (Å²) in [5.41, 5.74) is 1.11. The van der Waals surface area contributed by atoms with E-state index in [0.717, 1.165) is 47.7 Å². The second kappa shape index (κ2) is 12.6. The SMILES string of the molecule is Cc1ccc(S(=O)(=O)N(CC(=O)N(Cc2ccccc2F)[C@H](C)C(=O)NC2CCCC2)c2ccc(F)cc2)cc1. The highest BCUT2D eigenvalue weighted by atomic mass is 32.2. The summed E-state index contributed by atoms with van der Waals surface area (Å²) in [6, 6.07) is 15.8. The van der Waals surface area contributed by atoms with Crippen molar-refractivity contribution in [2.75, 3.05) is 10.8 Å². The first kappa shape index (κ1) is 29.2. The van der Waals surface area contributed by atoms with Gasteiger partial charge in [0.25, 0.3) is 10.0 Å². The van der Waals surface area contributed by atoms with Crippen molar-refractivity contribution in [3.63, 3.8) is 0 Å². The van der Waals surface area contributed by atoms with Gasteiger partial charge in [-0.1, -0.05) is 48.7 Å². The molecule has 0 spiro atoms. The molecule has 0 unspecified atom stereocenters. The van der Waals surface area contributed by atoms with E-state index in [2.05, 4.69) is 5.32 Å². The van der Waals surface area contributed by atoms with Crippen LogP contribution in [-0.4, -0.2) is 43.8 Å². The van der Waals surface area contributed by atoms with Gasteiger partial charge in [0.1, 0.15) is 24.2 Å². The van der Waals surface area contributed by atoms with Crippen LogP contribution in [0.5, 0.6) is 0 Å². The van der Waals surface area contributed by atoms with Crippen LogP contribution in [0.1, 0.15) is 43.7 Å². The number of aryl methyl sites for hydroxylation is 1. The van der Waals surface area contributed by atoms with Crippen LogP contribution in [0.25, 0.3) is 0 Å². The fraction of sp³-hybridized carbons (Fsp3) is 0.333. The average Bonchev–Trinajstić information content (AvgIpc) is 3.44. The van der Waals surface area contributed by atoms with Crippen LogP contribution in [0.4, 0.5) is 14.5 Å². The van der Waals surface area contributed by atoms with Crippen molar-refractivity contribution in [1.82, 2.24) is 10.2 Å². The Labute approximate surface area is 233 Å². The number of benzene rings is 3. The van der Waals surface area contributed by atoms with Gasteiger partial charge in [0.05, 0.1) is 10.6 Å². The number of sulfonamides is 1. The molecular formula is C30H33F2N3O4S. The summed E-state index contributed by atoms with van der Waals surface area (Å²) in [5.74, 6) is -2.23. The molecule has 3 aromatic rings. The molecule has 0 saturated heterocycles. The molecule has 4 rings (SSSR count). The predicted molar refractivity (Wildman–Crippen MR) is 149 cm³/mol. The maximum Gasteiger partial charge on any atom is 0.264 e. The minimum Gasteiger partial charge on any atom is -0.352 e. The quantitative estimate of drug-likeness (QED) is 0.375. The largest absolute Gasteiger partial charge is 0.352 e. The summed E-state index contributed by atoms with van der Waals surface area (Å²) in [6.07, 6.45) is 3.68. The summed E-state index contributed by atoms with van der Waals surface area (Å²) in [4.78, 5) is 28.2. The number of nitrogens with zero attached hydrogens (tertiary/aromatic N) is 2. The van der Waals surface area contributed by atoms with Crippen LogP contribution in [0, 0.1) is 18.6 Å². The molecule has 10 heteroatoms. The first-order chi connectivity index (χ1) is 19.1. The van der Waals surface area contributed by atoms with Crippen LogP contribution < -0.4 is 9.62 Å². The predicted octanol–water partition coefficient (Wildman–Crippen LogP) is 4.94. The molecule has 1 aliphatic rings. The Morgan fingerprint density at radius 2 is 1.57 bits per heavy atom. The zero-order chi connectivity index (χ0) is 28.9. The molecule has 212 valence electrons. The molecule has 0 aromatic heterocycles. The zero-order valence-corrected chi connectivity index (χ0v) is 23.3. The minimum absolute atomic E-state index is 0.00186. The third-order valence-electron chi connectivity index (χ3n) is 7.17. The molecule has 1 fully saturated rings. The van der Waals surface area contributed by atoms with Crippen LogP contribution >= 0.6 is 0 Å². The molecule has 40 heavy (non-hydrogen) atoms. The molecule has 1 atom stereocenters. The normalized spacial score (nSPS) is 14.5. The smallest absolute Gasteiger partial charge is 0.264 e. The molecule has 1 saturated carbocycles. The van der Waals surface area contributed by atoms with Crippen LogP contribution in [0.3, 0.4) is 0 Å². The molecule has 0 aliphatic heterocycles. The van der Waals surface area contributed by atoms with E-state index in [1.807, 2.05) is 6.92 Å². The third kappa shape index (κ3) is 6.85. The van der Waals surface area contributed by atoms with Gasteiger partial charge in [-0.25, -0.2) is 17.2 Å². The van der Waals surface area contributed by atoms with Gasteiger partial charge >= 0.3 is 0 Å². The Kier molecular flexibility index (Phi) is 9.19. The Hall–Kier alpha value is -3.79. The lowest BCUT2D eigenvalue weighted by Gasteiger charge is -2.32. The lowest BCUT2D eigenvalue weighted by atomic mass is 10.1. The summed E-state index contributed by atoms with van der Waals surface area (Å²) in [5, 5.41) is 2.97. The summed E-state index contributed by atoms with van der Waals surface area (Å²) < 4.78 is 56.8. The van der Waals surface area contributed by atoms with E-state index in [-0.39, 0.29) is 28.7 Å². The Morgan fingerprint density at radius 1 is 0.950 bits per heavy atom. The van der Waals surface area contributed by atoms with Crippen molar-refractivity contribution in [2.45, 2.75) is 63.1 Å². The highest BCUT2D eigenvalue weighted by Crippen LogP contribution is 2.26. The van der Waals surface area contributed by atoms with Crippen LogP contribution in [-0.2, 0) is 26.2 Å². The van der Waals surface area contributed by atoms with E-state index in [4.69, 9.17) is 0 Å². The van der Waals surface area contributed by atoms with Crippen LogP contribution in [0.15, 0.2) is 77.7 Å². The lowest BCUT2D eigenvalue weighted by molar-refractivity contribution is -0.139. The molecule has 0 bridgehead atoms. The third-order valence-corrected chi connectivity index (χ3v) is 8.96. The zero-order valence-electron chi connectivity index (χ0n) is 22.5. The van der Waals surface area contributed by atoms with E-state index in [1.54, 1.807) is 25.1 Å². The second-order valence-electron chi connectivity index (χ2n) is 10.1. The topological polar surface area (TPSA) is 86.8 Å². The van der Waals surface area contributed by atoms with Gasteiger partial charge in [-0.2, -0.15) is 0 Å². The van der Waals surface area contributed by atoms with Gasteiger partial charge in [-0.3, -0.25) is 13.9 Å². The Bertz CT molecular complexity index is 1440. The second-order valence-corrected chi connectivity index (χ2v) is 11.9. The number of hydrogen-bond acceptors (Lipinski definition) is 4. The monoisotopic (exact) mass is 569 g/mol. The first-order valence-corrected chi connectivity index (χ1v) is 14.7. The maximum absolute atomic E-state index is 14.6. The molecule has 7 nitrogen and oxygen atoms in total. The molecule has 1 N–H and O–H groups in total. The summed E-state index contributed by atoms with van der Waals surface area (Å²) >= 11 is 0. The van der Waals surface area contributed by atoms with Gasteiger partial charge in [-0.05, 0) is 69.2 Å². The highest BCUT2D eigenvalue weighted by molar-refractivity contribution is 7.92. The number of hydrogen-bond donors (Lipinski definition) is 1. The van der Waals surface area contributed by atoms with E-state index < -0.39 is 46.1 Å². The van der Waals surface area contributed by atoms with Crippen molar-refractivity contribution >= 4 is 27.5 Å². The fourth-order valence-electron chi connectivity index (χ4n) is 4.76. The van der Waals surface area contributed by atoms with E-state index >= 15 is 0 Å². The van der Waals surface area contributed by atoms with Gasteiger partial charge in [0, 0.05) is 18.2 Å². The number of nitrogens with one attached hydrogen (secondary N) is 1. The average molecular weight is 570 g/mol. The molecule has 3 aromatic carbocycles. The van der Waals surface area contributed by atoms with E-state index in [9.17, 15) is 26.8 Å². The summed E-state index contributed by atoms with van der Waals surface area (Å²) in [6.45, 7) is 2.43. The van der Waals surface area contributed by atoms with Crippen molar-refractivity contribution in [3.05, 3.63) is 95.6 Å². The molecule has 1 aliphatic carbocycles. The van der Waals surface area contributed by atoms with Crippen molar-refractivity contribution in [1.29, 1.82) is 0 Å². The van der Waals surface area contributed by atoms with E-state index in [0.29, 0.717) is 0 Å². The van der Waals surface area contributed by atoms with Gasteiger partial charge in [-0.15, -0.1) is 0 Å². The number of anilines is 1. The molecular weight excluding hydrogens is 536 g/mol. The highest BCUT2D eigenvalue weighted by Gasteiger charge is 2.33. The van der Waals surface area contributed by atoms with Crippen molar-refractivity contribution < 1.29 is 26.8 Å². The van der Waals surface area contributed by atoms with E-state index in [1.165, 1.54) is 47.4 Å². The first-order valence-electron chi connectivity index (χ1n) is 13.2. The van der Waals surface area contributed by atoms with Crippen LogP contribution in [0.2, 0.25) is 0 Å². The summed E-state index contributed by atoms with van der Waals surface area (Å²) in [7, 11) is -4.27. The number of halogens is 2.